The molecule has 1 aliphatic heterocycles. The first-order valence-electron chi connectivity index (χ1n) is 5.01. The third-order valence-electron chi connectivity index (χ3n) is 2.30. The van der Waals surface area contributed by atoms with Gasteiger partial charge in [0.15, 0.2) is 12.4 Å². The second-order valence-electron chi connectivity index (χ2n) is 3.49. The lowest BCUT2D eigenvalue weighted by atomic mass is 10.2. The van der Waals surface area contributed by atoms with Crippen molar-refractivity contribution < 1.29 is 19.1 Å². The molecule has 1 amide bonds. The summed E-state index contributed by atoms with van der Waals surface area (Å²) in [5.41, 5.74) is 0.298. The van der Waals surface area contributed by atoms with Crippen molar-refractivity contribution in [2.45, 2.75) is 6.10 Å². The highest BCUT2D eigenvalue weighted by Crippen LogP contribution is 2.24. The number of aldehydes is 1. The number of rotatable bonds is 4. The van der Waals surface area contributed by atoms with E-state index < -0.39 is 6.09 Å². The Bertz CT molecular complexity index is 449. The van der Waals surface area contributed by atoms with Crippen molar-refractivity contribution in [1.82, 2.24) is 5.32 Å². The molecule has 0 radical (unpaired) electrons. The molecule has 5 nitrogen and oxygen atoms in total. The summed E-state index contributed by atoms with van der Waals surface area (Å²) in [6.07, 6.45) is -0.169. The van der Waals surface area contributed by atoms with Crippen LogP contribution in [0.1, 0.15) is 10.4 Å². The monoisotopic (exact) mass is 255 g/mol. The Balaban J connectivity index is 2.01. The van der Waals surface area contributed by atoms with Crippen molar-refractivity contribution in [3.8, 4) is 5.75 Å². The Morgan fingerprint density at radius 3 is 3.06 bits per heavy atom. The number of benzene rings is 1. The zero-order valence-electron chi connectivity index (χ0n) is 8.81. The van der Waals surface area contributed by atoms with Gasteiger partial charge in [0, 0.05) is 0 Å². The van der Waals surface area contributed by atoms with Crippen molar-refractivity contribution >= 4 is 24.0 Å². The maximum Gasteiger partial charge on any atom is 0.407 e. The van der Waals surface area contributed by atoms with Gasteiger partial charge < -0.3 is 14.8 Å². The van der Waals surface area contributed by atoms with Gasteiger partial charge in [-0.25, -0.2) is 4.79 Å². The first-order valence-corrected chi connectivity index (χ1v) is 5.39. The van der Waals surface area contributed by atoms with Crippen LogP contribution in [-0.4, -0.2) is 31.6 Å². The quantitative estimate of drug-likeness (QED) is 0.831. The fraction of sp³-hybridized carbons (Fsp3) is 0.273. The number of alkyl carbamates (subject to hydrolysis) is 1. The second-order valence-corrected chi connectivity index (χ2v) is 3.90. The van der Waals surface area contributed by atoms with Gasteiger partial charge in [-0.3, -0.25) is 4.79 Å². The minimum atomic E-state index is -0.458. The molecule has 0 aromatic heterocycles. The van der Waals surface area contributed by atoms with Crippen LogP contribution in [0.5, 0.6) is 5.75 Å². The standard InChI is InChI=1S/C11H10ClNO4/c12-9-2-1-3-10(8(9)5-14)16-6-7-4-13-11(15)17-7/h1-3,5,7H,4,6H2,(H,13,15). The summed E-state index contributed by atoms with van der Waals surface area (Å²) in [7, 11) is 0. The molecule has 90 valence electrons. The van der Waals surface area contributed by atoms with Crippen molar-refractivity contribution in [3.05, 3.63) is 28.8 Å². The average molecular weight is 256 g/mol. The molecule has 1 aromatic rings. The number of hydrogen-bond acceptors (Lipinski definition) is 4. The molecule has 1 N–H and O–H groups in total. The van der Waals surface area contributed by atoms with E-state index in [0.717, 1.165) is 0 Å². The van der Waals surface area contributed by atoms with Gasteiger partial charge >= 0.3 is 6.09 Å². The topological polar surface area (TPSA) is 64.6 Å². The first kappa shape index (κ1) is 11.7. The normalized spacial score (nSPS) is 18.4. The molecule has 1 heterocycles. The Morgan fingerprint density at radius 2 is 2.41 bits per heavy atom. The molecule has 0 bridgehead atoms. The number of carbonyl (C=O) groups excluding carboxylic acids is 2. The Labute approximate surface area is 103 Å². The number of cyclic esters (lactones) is 1. The van der Waals surface area contributed by atoms with Gasteiger partial charge in [0.2, 0.25) is 0 Å². The third-order valence-corrected chi connectivity index (χ3v) is 2.63. The summed E-state index contributed by atoms with van der Waals surface area (Å²) in [4.78, 5) is 21.6. The summed E-state index contributed by atoms with van der Waals surface area (Å²) in [6, 6.07) is 4.93. The van der Waals surface area contributed by atoms with Gasteiger partial charge in [0.1, 0.15) is 12.4 Å². The van der Waals surface area contributed by atoms with Gasteiger partial charge in [0.05, 0.1) is 17.1 Å². The minimum absolute atomic E-state index is 0.180. The van der Waals surface area contributed by atoms with Crippen molar-refractivity contribution in [1.29, 1.82) is 0 Å². The van der Waals surface area contributed by atoms with Gasteiger partial charge in [-0.1, -0.05) is 17.7 Å². The molecular formula is C11H10ClNO4. The highest BCUT2D eigenvalue weighted by atomic mass is 35.5. The fourth-order valence-electron chi connectivity index (χ4n) is 1.47. The van der Waals surface area contributed by atoms with Crippen molar-refractivity contribution in [3.63, 3.8) is 0 Å². The zero-order valence-corrected chi connectivity index (χ0v) is 9.57. The highest BCUT2D eigenvalue weighted by Gasteiger charge is 2.23. The molecule has 0 aliphatic carbocycles. The molecule has 2 rings (SSSR count). The van der Waals surface area contributed by atoms with E-state index in [1.165, 1.54) is 0 Å². The van der Waals surface area contributed by atoms with Gasteiger partial charge in [-0.15, -0.1) is 0 Å². The molecular weight excluding hydrogens is 246 g/mol. The molecule has 1 saturated heterocycles. The van der Waals surface area contributed by atoms with E-state index >= 15 is 0 Å². The lowest BCUT2D eigenvalue weighted by Gasteiger charge is -2.12. The third kappa shape index (κ3) is 2.68. The maximum atomic E-state index is 10.8. The summed E-state index contributed by atoms with van der Waals surface area (Å²) in [5, 5.41) is 2.84. The van der Waals surface area contributed by atoms with E-state index in [-0.39, 0.29) is 12.7 Å². The van der Waals surface area contributed by atoms with Crippen LogP contribution in [0.25, 0.3) is 0 Å². The number of carbonyl (C=O) groups is 2. The first-order chi connectivity index (χ1) is 8.20. The van der Waals surface area contributed by atoms with E-state index in [1.807, 2.05) is 0 Å². The highest BCUT2D eigenvalue weighted by molar-refractivity contribution is 6.33. The van der Waals surface area contributed by atoms with Crippen LogP contribution in [0, 0.1) is 0 Å². The van der Waals surface area contributed by atoms with Crippen LogP contribution < -0.4 is 10.1 Å². The second kappa shape index (κ2) is 5.05. The van der Waals surface area contributed by atoms with Crippen LogP contribution in [0.3, 0.4) is 0 Å². The Hall–Kier alpha value is -1.75. The van der Waals surface area contributed by atoms with Crippen LogP contribution in [0.2, 0.25) is 5.02 Å². The molecule has 1 aromatic carbocycles. The summed E-state index contributed by atoms with van der Waals surface area (Å²) in [5.74, 6) is 0.385. The molecule has 0 saturated carbocycles. The van der Waals surface area contributed by atoms with Crippen LogP contribution in [-0.2, 0) is 4.74 Å². The molecule has 0 spiro atoms. The van der Waals surface area contributed by atoms with E-state index in [0.29, 0.717) is 29.2 Å². The van der Waals surface area contributed by atoms with Gasteiger partial charge in [-0.05, 0) is 12.1 Å². The smallest absolute Gasteiger partial charge is 0.407 e. The zero-order chi connectivity index (χ0) is 12.3. The Morgan fingerprint density at radius 1 is 1.59 bits per heavy atom. The fourth-order valence-corrected chi connectivity index (χ4v) is 1.68. The average Bonchev–Trinajstić information content (AvgIpc) is 2.72. The van der Waals surface area contributed by atoms with E-state index in [4.69, 9.17) is 21.1 Å². The maximum absolute atomic E-state index is 10.8. The van der Waals surface area contributed by atoms with Crippen molar-refractivity contribution in [2.75, 3.05) is 13.2 Å². The number of halogens is 1. The van der Waals surface area contributed by atoms with E-state index in [9.17, 15) is 9.59 Å². The summed E-state index contributed by atoms with van der Waals surface area (Å²) >= 11 is 5.84. The van der Waals surface area contributed by atoms with Gasteiger partial charge in [-0.2, -0.15) is 0 Å². The molecule has 1 fully saturated rings. The number of ether oxygens (including phenoxy) is 2. The Kier molecular flexibility index (Phi) is 3.49. The predicted octanol–water partition coefficient (Wildman–Crippen LogP) is 1.64. The van der Waals surface area contributed by atoms with Crippen LogP contribution in [0.15, 0.2) is 18.2 Å². The molecule has 6 heteroatoms. The predicted molar refractivity (Wildman–Crippen MR) is 60.6 cm³/mol. The number of amides is 1. The van der Waals surface area contributed by atoms with E-state index in [2.05, 4.69) is 5.32 Å². The minimum Gasteiger partial charge on any atom is -0.489 e. The SMILES string of the molecule is O=Cc1c(Cl)cccc1OCC1CNC(=O)O1. The lowest BCUT2D eigenvalue weighted by Crippen LogP contribution is -2.22. The summed E-state index contributed by atoms with van der Waals surface area (Å²) in [6.45, 7) is 0.579. The van der Waals surface area contributed by atoms with Crippen LogP contribution >= 0.6 is 11.6 Å². The van der Waals surface area contributed by atoms with Crippen molar-refractivity contribution in [2.24, 2.45) is 0 Å². The molecule has 1 unspecified atom stereocenters. The largest absolute Gasteiger partial charge is 0.489 e. The molecule has 1 atom stereocenters. The lowest BCUT2D eigenvalue weighted by molar-refractivity contribution is 0.102. The van der Waals surface area contributed by atoms with E-state index in [1.54, 1.807) is 18.2 Å². The van der Waals surface area contributed by atoms with Gasteiger partial charge in [0.25, 0.3) is 0 Å². The number of hydrogen-bond donors (Lipinski definition) is 1. The summed E-state index contributed by atoms with van der Waals surface area (Å²) < 4.78 is 10.3. The molecule has 1 aliphatic rings. The number of nitrogens with one attached hydrogen (secondary N) is 1. The molecule has 17 heavy (non-hydrogen) atoms. The van der Waals surface area contributed by atoms with Crippen LogP contribution in [0.4, 0.5) is 4.79 Å².